The van der Waals surface area contributed by atoms with Crippen LogP contribution in [0, 0.1) is 0 Å². The van der Waals surface area contributed by atoms with E-state index in [1.54, 1.807) is 0 Å². The molecule has 0 heterocycles. The number of allylic oxidation sites excluding steroid dienone is 2. The summed E-state index contributed by atoms with van der Waals surface area (Å²) in [7, 11) is 1.18. The number of phosphoric ester groups is 1. The highest BCUT2D eigenvalue weighted by Crippen LogP contribution is 2.38. The highest BCUT2D eigenvalue weighted by molar-refractivity contribution is 7.45. The quantitative estimate of drug-likeness (QED) is 0.0195. The molecule has 0 aliphatic rings. The molecule has 0 rings (SSSR count). The zero-order valence-electron chi connectivity index (χ0n) is 50.8. The largest absolute Gasteiger partial charge is 0.756 e. The first-order valence-electron chi connectivity index (χ1n) is 32.9. The Morgan fingerprint density at radius 2 is 0.680 bits per heavy atom. The minimum atomic E-state index is -4.63. The lowest BCUT2D eigenvalue weighted by atomic mass is 10.0. The monoisotopic (exact) mass is 1080 g/mol. The number of phosphoric acid groups is 1. The van der Waals surface area contributed by atoms with Crippen molar-refractivity contribution in [3.8, 4) is 0 Å². The molecular formula is C65H128NO8P. The fraction of sp³-hybridized carbons (Fsp3) is 0.938. The molecule has 2 unspecified atom stereocenters. The smallest absolute Gasteiger partial charge is 0.306 e. The SMILES string of the molecule is CCCCCC/C=C\CCCCCCCC(=O)OC(COC(=O)CCCCCCCCCCCCCCCCCCCCCCCCCCCCCCCCCCCCCCCC)COP(=O)([O-])OCC[N+](C)(C)C. The predicted octanol–water partition coefficient (Wildman–Crippen LogP) is 20.1. The number of carbonyl (C=O) groups excluding carboxylic acids is 2. The highest BCUT2D eigenvalue weighted by atomic mass is 31.2. The fourth-order valence-electron chi connectivity index (χ4n) is 9.95. The molecule has 0 aromatic heterocycles. The molecule has 0 fully saturated rings. The van der Waals surface area contributed by atoms with Crippen LogP contribution in [0.1, 0.15) is 341 Å². The maximum absolute atomic E-state index is 12.7. The second kappa shape index (κ2) is 57.4. The van der Waals surface area contributed by atoms with Crippen LogP contribution in [0.3, 0.4) is 0 Å². The number of likely N-dealkylation sites (N-methyl/N-ethyl adjacent to an activating group) is 1. The van der Waals surface area contributed by atoms with Gasteiger partial charge in [0, 0.05) is 12.8 Å². The molecule has 9 nitrogen and oxygen atoms in total. The normalized spacial score (nSPS) is 13.2. The van der Waals surface area contributed by atoms with Crippen LogP contribution >= 0.6 is 7.82 Å². The number of esters is 2. The van der Waals surface area contributed by atoms with Gasteiger partial charge in [-0.25, -0.2) is 0 Å². The average Bonchev–Trinajstić information content (AvgIpc) is 3.37. The number of unbranched alkanes of at least 4 members (excludes halogenated alkanes) is 46. The van der Waals surface area contributed by atoms with Crippen molar-refractivity contribution < 1.29 is 42.1 Å². The minimum absolute atomic E-state index is 0.0289. The number of rotatable bonds is 62. The molecule has 0 aromatic carbocycles. The lowest BCUT2D eigenvalue weighted by molar-refractivity contribution is -0.870. The lowest BCUT2D eigenvalue weighted by Gasteiger charge is -2.28. The van der Waals surface area contributed by atoms with Crippen LogP contribution in [-0.2, 0) is 32.7 Å². The first-order chi connectivity index (χ1) is 36.5. The molecule has 0 aliphatic heterocycles. The molecule has 75 heavy (non-hydrogen) atoms. The number of quaternary nitrogens is 1. The van der Waals surface area contributed by atoms with Crippen LogP contribution in [0.25, 0.3) is 0 Å². The van der Waals surface area contributed by atoms with Crippen LogP contribution < -0.4 is 4.89 Å². The van der Waals surface area contributed by atoms with Crippen molar-refractivity contribution in [3.05, 3.63) is 12.2 Å². The van der Waals surface area contributed by atoms with E-state index in [2.05, 4.69) is 26.0 Å². The van der Waals surface area contributed by atoms with Gasteiger partial charge in [0.05, 0.1) is 27.7 Å². The maximum atomic E-state index is 12.7. The lowest BCUT2D eigenvalue weighted by Crippen LogP contribution is -2.37. The Bertz CT molecular complexity index is 1270. The number of ether oxygens (including phenoxy) is 2. The van der Waals surface area contributed by atoms with Gasteiger partial charge in [-0.15, -0.1) is 0 Å². The second-order valence-corrected chi connectivity index (χ2v) is 25.3. The summed E-state index contributed by atoms with van der Waals surface area (Å²) in [6.07, 6.45) is 68.9. The molecule has 0 saturated carbocycles. The van der Waals surface area contributed by atoms with Crippen molar-refractivity contribution in [1.29, 1.82) is 0 Å². The second-order valence-electron chi connectivity index (χ2n) is 23.8. The molecule has 0 amide bonds. The van der Waals surface area contributed by atoms with E-state index in [0.29, 0.717) is 17.4 Å². The molecular weight excluding hydrogens is 954 g/mol. The Hall–Kier alpha value is -1.25. The molecule has 0 N–H and O–H groups in total. The molecule has 0 radical (unpaired) electrons. The van der Waals surface area contributed by atoms with Crippen LogP contribution in [0.2, 0.25) is 0 Å². The van der Waals surface area contributed by atoms with Gasteiger partial charge in [0.25, 0.3) is 7.82 Å². The summed E-state index contributed by atoms with van der Waals surface area (Å²) in [5, 5.41) is 0. The number of hydrogen-bond donors (Lipinski definition) is 0. The first-order valence-corrected chi connectivity index (χ1v) is 34.4. The van der Waals surface area contributed by atoms with Gasteiger partial charge in [0.15, 0.2) is 6.10 Å². The average molecular weight is 1080 g/mol. The summed E-state index contributed by atoms with van der Waals surface area (Å²) >= 11 is 0. The predicted molar refractivity (Wildman–Crippen MR) is 319 cm³/mol. The van der Waals surface area contributed by atoms with Crippen molar-refractivity contribution in [3.63, 3.8) is 0 Å². The highest BCUT2D eigenvalue weighted by Gasteiger charge is 2.22. The van der Waals surface area contributed by atoms with Crippen LogP contribution in [0.4, 0.5) is 0 Å². The zero-order valence-corrected chi connectivity index (χ0v) is 51.7. The summed E-state index contributed by atoms with van der Waals surface area (Å²) in [5.74, 6) is -0.826. The molecule has 0 spiro atoms. The molecule has 0 aliphatic carbocycles. The zero-order chi connectivity index (χ0) is 54.9. The summed E-state index contributed by atoms with van der Waals surface area (Å²) < 4.78 is 34.1. The Kier molecular flexibility index (Phi) is 56.5. The van der Waals surface area contributed by atoms with E-state index >= 15 is 0 Å². The van der Waals surface area contributed by atoms with Gasteiger partial charge >= 0.3 is 11.9 Å². The third-order valence-corrected chi connectivity index (χ3v) is 16.0. The van der Waals surface area contributed by atoms with Crippen molar-refractivity contribution in [2.75, 3.05) is 47.5 Å². The van der Waals surface area contributed by atoms with Crippen molar-refractivity contribution in [1.82, 2.24) is 0 Å². The van der Waals surface area contributed by atoms with Crippen LogP contribution in [0.5, 0.6) is 0 Å². The fourth-order valence-corrected chi connectivity index (χ4v) is 10.7. The number of nitrogens with zero attached hydrogens (tertiary/aromatic N) is 1. The molecule has 0 saturated heterocycles. The number of carbonyl (C=O) groups is 2. The Labute approximate surface area is 466 Å². The standard InChI is InChI=1S/C65H128NO8P/c1-6-8-10-12-14-16-18-20-21-22-23-24-25-26-27-28-29-30-31-32-33-34-35-36-37-38-39-40-41-42-43-44-46-47-49-51-53-55-57-64(67)71-61-63(62-73-75(69,70)72-60-59-66(3,4)5)74-65(68)58-56-54-52-50-48-45-19-17-15-13-11-9-7-2/h17,19,63H,6-16,18,20-62H2,1-5H3/b19-17-. The topological polar surface area (TPSA) is 111 Å². The van der Waals surface area contributed by atoms with Crippen LogP contribution in [0.15, 0.2) is 12.2 Å². The van der Waals surface area contributed by atoms with E-state index < -0.39 is 26.5 Å². The number of hydrogen-bond acceptors (Lipinski definition) is 8. The van der Waals surface area contributed by atoms with Gasteiger partial charge in [0.1, 0.15) is 19.8 Å². The van der Waals surface area contributed by atoms with Gasteiger partial charge in [-0.05, 0) is 38.5 Å². The van der Waals surface area contributed by atoms with Gasteiger partial charge in [-0.2, -0.15) is 0 Å². The van der Waals surface area contributed by atoms with E-state index in [1.807, 2.05) is 21.1 Å². The minimum Gasteiger partial charge on any atom is -0.756 e. The van der Waals surface area contributed by atoms with Gasteiger partial charge in [0.2, 0.25) is 0 Å². The summed E-state index contributed by atoms with van der Waals surface area (Å²) in [6.45, 7) is 4.27. The molecule has 10 heteroatoms. The Morgan fingerprint density at radius 1 is 0.400 bits per heavy atom. The molecule has 0 bridgehead atoms. The van der Waals surface area contributed by atoms with E-state index in [9.17, 15) is 19.0 Å². The van der Waals surface area contributed by atoms with Crippen LogP contribution in [-0.4, -0.2) is 70.0 Å². The van der Waals surface area contributed by atoms with Crippen molar-refractivity contribution in [2.45, 2.75) is 347 Å². The van der Waals surface area contributed by atoms with E-state index in [4.69, 9.17) is 18.5 Å². The van der Waals surface area contributed by atoms with Crippen molar-refractivity contribution >= 4 is 19.8 Å². The van der Waals surface area contributed by atoms with Crippen molar-refractivity contribution in [2.24, 2.45) is 0 Å². The van der Waals surface area contributed by atoms with E-state index in [1.165, 1.54) is 257 Å². The Balaban J connectivity index is 3.81. The van der Waals surface area contributed by atoms with E-state index in [0.717, 1.165) is 51.4 Å². The summed E-state index contributed by atoms with van der Waals surface area (Å²) in [5.41, 5.74) is 0. The maximum Gasteiger partial charge on any atom is 0.306 e. The van der Waals surface area contributed by atoms with Gasteiger partial charge in [-0.3, -0.25) is 14.2 Å². The van der Waals surface area contributed by atoms with E-state index in [-0.39, 0.29) is 32.0 Å². The summed E-state index contributed by atoms with van der Waals surface area (Å²) in [4.78, 5) is 37.8. The first kappa shape index (κ1) is 73.8. The molecule has 446 valence electrons. The molecule has 0 aromatic rings. The third kappa shape index (κ3) is 61.8. The van der Waals surface area contributed by atoms with Gasteiger partial charge in [-0.1, -0.05) is 302 Å². The third-order valence-electron chi connectivity index (χ3n) is 15.0. The van der Waals surface area contributed by atoms with Gasteiger partial charge < -0.3 is 27.9 Å². The summed E-state index contributed by atoms with van der Waals surface area (Å²) in [6, 6.07) is 0. The Morgan fingerprint density at radius 3 is 1.00 bits per heavy atom. The molecule has 2 atom stereocenters.